The number of guanidine groups is 1. The molecule has 2 rings (SSSR count). The molecule has 1 fully saturated rings. The van der Waals surface area contributed by atoms with Gasteiger partial charge in [-0.3, -0.25) is 4.99 Å². The van der Waals surface area contributed by atoms with Crippen LogP contribution in [-0.4, -0.2) is 48.5 Å². The van der Waals surface area contributed by atoms with E-state index in [-0.39, 0.29) is 0 Å². The molecule has 3 nitrogen and oxygen atoms in total. The average molecular weight is 167 g/mol. The van der Waals surface area contributed by atoms with Crippen LogP contribution in [0.1, 0.15) is 19.8 Å². The van der Waals surface area contributed by atoms with Gasteiger partial charge in [-0.25, -0.2) is 0 Å². The van der Waals surface area contributed by atoms with Gasteiger partial charge in [-0.1, -0.05) is 0 Å². The molecule has 0 radical (unpaired) electrons. The van der Waals surface area contributed by atoms with Crippen molar-refractivity contribution in [3.63, 3.8) is 0 Å². The minimum absolute atomic E-state index is 0.665. The van der Waals surface area contributed by atoms with E-state index in [1.807, 2.05) is 0 Å². The summed E-state index contributed by atoms with van der Waals surface area (Å²) in [6.45, 7) is 5.69. The predicted octanol–water partition coefficient (Wildman–Crippen LogP) is 0.772. The van der Waals surface area contributed by atoms with Crippen molar-refractivity contribution in [2.75, 3.05) is 26.7 Å². The Morgan fingerprint density at radius 2 is 2.25 bits per heavy atom. The van der Waals surface area contributed by atoms with Crippen LogP contribution in [0.25, 0.3) is 0 Å². The van der Waals surface area contributed by atoms with Crippen LogP contribution in [0.3, 0.4) is 0 Å². The van der Waals surface area contributed by atoms with Crippen molar-refractivity contribution in [2.45, 2.75) is 25.8 Å². The molecule has 0 amide bonds. The van der Waals surface area contributed by atoms with Crippen LogP contribution in [0.5, 0.6) is 0 Å². The molecule has 68 valence electrons. The number of aliphatic imine (C=N–C) groups is 1. The van der Waals surface area contributed by atoms with E-state index in [2.05, 4.69) is 28.8 Å². The van der Waals surface area contributed by atoms with Crippen molar-refractivity contribution in [1.29, 1.82) is 0 Å². The first kappa shape index (κ1) is 7.90. The van der Waals surface area contributed by atoms with Gasteiger partial charge in [-0.2, -0.15) is 0 Å². The molecule has 12 heavy (non-hydrogen) atoms. The summed E-state index contributed by atoms with van der Waals surface area (Å²) in [5, 5.41) is 0. The Balaban J connectivity index is 2.16. The first-order chi connectivity index (χ1) is 5.79. The van der Waals surface area contributed by atoms with E-state index < -0.39 is 0 Å². The van der Waals surface area contributed by atoms with E-state index in [4.69, 9.17) is 0 Å². The Kier molecular flexibility index (Phi) is 1.95. The third kappa shape index (κ3) is 1.17. The SMILES string of the molecule is CC1CCN2CCCN=C2N1C. The van der Waals surface area contributed by atoms with Gasteiger partial charge in [-0.15, -0.1) is 0 Å². The molecule has 0 saturated carbocycles. The molecule has 0 aromatic rings. The number of nitrogens with zero attached hydrogens (tertiary/aromatic N) is 3. The highest BCUT2D eigenvalue weighted by molar-refractivity contribution is 5.81. The highest BCUT2D eigenvalue weighted by Gasteiger charge is 2.26. The van der Waals surface area contributed by atoms with Crippen LogP contribution in [-0.2, 0) is 0 Å². The Hall–Kier alpha value is -0.730. The van der Waals surface area contributed by atoms with E-state index in [0.29, 0.717) is 6.04 Å². The van der Waals surface area contributed by atoms with Gasteiger partial charge in [0, 0.05) is 32.7 Å². The first-order valence-corrected chi connectivity index (χ1v) is 4.81. The monoisotopic (exact) mass is 167 g/mol. The molecule has 0 N–H and O–H groups in total. The Morgan fingerprint density at radius 3 is 3.08 bits per heavy atom. The van der Waals surface area contributed by atoms with Gasteiger partial charge in [0.15, 0.2) is 5.96 Å². The van der Waals surface area contributed by atoms with E-state index in [9.17, 15) is 0 Å². The maximum Gasteiger partial charge on any atom is 0.196 e. The third-order valence-corrected chi connectivity index (χ3v) is 2.92. The summed E-state index contributed by atoms with van der Waals surface area (Å²) in [4.78, 5) is 9.27. The summed E-state index contributed by atoms with van der Waals surface area (Å²) in [6, 6.07) is 0.665. The van der Waals surface area contributed by atoms with Gasteiger partial charge in [0.1, 0.15) is 0 Å². The van der Waals surface area contributed by atoms with Crippen molar-refractivity contribution in [3.8, 4) is 0 Å². The number of fused-ring (bicyclic) bond motifs is 1. The molecule has 1 saturated heterocycles. The van der Waals surface area contributed by atoms with Gasteiger partial charge in [0.2, 0.25) is 0 Å². The minimum atomic E-state index is 0.665. The molecular weight excluding hydrogens is 150 g/mol. The van der Waals surface area contributed by atoms with Gasteiger partial charge >= 0.3 is 0 Å². The quantitative estimate of drug-likeness (QED) is 0.531. The third-order valence-electron chi connectivity index (χ3n) is 2.92. The van der Waals surface area contributed by atoms with E-state index in [1.165, 1.54) is 31.9 Å². The van der Waals surface area contributed by atoms with Crippen molar-refractivity contribution in [1.82, 2.24) is 9.80 Å². The molecular formula is C9H17N3. The molecule has 2 heterocycles. The number of rotatable bonds is 0. The maximum atomic E-state index is 4.55. The molecule has 2 aliphatic heterocycles. The molecule has 1 unspecified atom stereocenters. The lowest BCUT2D eigenvalue weighted by Crippen LogP contribution is -2.54. The minimum Gasteiger partial charge on any atom is -0.343 e. The van der Waals surface area contributed by atoms with Crippen molar-refractivity contribution < 1.29 is 0 Å². The zero-order valence-electron chi connectivity index (χ0n) is 7.95. The van der Waals surface area contributed by atoms with Crippen LogP contribution in [0, 0.1) is 0 Å². The van der Waals surface area contributed by atoms with Gasteiger partial charge < -0.3 is 9.80 Å². The number of hydrogen-bond donors (Lipinski definition) is 0. The fourth-order valence-electron chi connectivity index (χ4n) is 1.92. The summed E-state index contributed by atoms with van der Waals surface area (Å²) in [6.07, 6.45) is 2.50. The lowest BCUT2D eigenvalue weighted by Gasteiger charge is -2.42. The molecule has 0 bridgehead atoms. The Morgan fingerprint density at radius 1 is 1.42 bits per heavy atom. The highest BCUT2D eigenvalue weighted by Crippen LogP contribution is 2.16. The second-order valence-electron chi connectivity index (χ2n) is 3.77. The lowest BCUT2D eigenvalue weighted by molar-refractivity contribution is 0.218. The van der Waals surface area contributed by atoms with Gasteiger partial charge in [0.25, 0.3) is 0 Å². The molecule has 1 atom stereocenters. The summed E-state index contributed by atoms with van der Waals surface area (Å²) < 4.78 is 0. The molecule has 3 heteroatoms. The fourth-order valence-corrected chi connectivity index (χ4v) is 1.92. The lowest BCUT2D eigenvalue weighted by atomic mass is 10.1. The maximum absolute atomic E-state index is 4.55. The van der Waals surface area contributed by atoms with Gasteiger partial charge in [-0.05, 0) is 19.8 Å². The van der Waals surface area contributed by atoms with E-state index >= 15 is 0 Å². The normalized spacial score (nSPS) is 29.8. The van der Waals surface area contributed by atoms with E-state index in [0.717, 1.165) is 6.54 Å². The largest absolute Gasteiger partial charge is 0.343 e. The summed E-state index contributed by atoms with van der Waals surface area (Å²) in [7, 11) is 2.15. The van der Waals surface area contributed by atoms with Crippen LogP contribution in [0.4, 0.5) is 0 Å². The van der Waals surface area contributed by atoms with Crippen molar-refractivity contribution in [2.24, 2.45) is 4.99 Å². The van der Waals surface area contributed by atoms with Gasteiger partial charge in [0.05, 0.1) is 0 Å². The van der Waals surface area contributed by atoms with Crippen molar-refractivity contribution >= 4 is 5.96 Å². The highest BCUT2D eigenvalue weighted by atomic mass is 15.4. The molecule has 0 aromatic carbocycles. The molecule has 0 aromatic heterocycles. The topological polar surface area (TPSA) is 18.8 Å². The second kappa shape index (κ2) is 2.96. The first-order valence-electron chi connectivity index (χ1n) is 4.81. The predicted molar refractivity (Wildman–Crippen MR) is 50.3 cm³/mol. The zero-order chi connectivity index (χ0) is 8.55. The van der Waals surface area contributed by atoms with Crippen molar-refractivity contribution in [3.05, 3.63) is 0 Å². The van der Waals surface area contributed by atoms with Crippen LogP contribution in [0.2, 0.25) is 0 Å². The smallest absolute Gasteiger partial charge is 0.196 e. The summed E-state index contributed by atoms with van der Waals surface area (Å²) in [5.41, 5.74) is 0. The van der Waals surface area contributed by atoms with Crippen LogP contribution >= 0.6 is 0 Å². The summed E-state index contributed by atoms with van der Waals surface area (Å²) in [5.74, 6) is 1.22. The second-order valence-corrected chi connectivity index (χ2v) is 3.77. The molecule has 2 aliphatic rings. The average Bonchev–Trinajstić information content (AvgIpc) is 2.12. The Bertz CT molecular complexity index is 200. The van der Waals surface area contributed by atoms with Crippen LogP contribution < -0.4 is 0 Å². The standard InChI is InChI=1S/C9H17N3/c1-8-4-7-12-6-3-5-10-9(12)11(8)2/h8H,3-7H2,1-2H3. The summed E-state index contributed by atoms with van der Waals surface area (Å²) >= 11 is 0. The van der Waals surface area contributed by atoms with E-state index in [1.54, 1.807) is 0 Å². The number of hydrogen-bond acceptors (Lipinski definition) is 3. The zero-order valence-corrected chi connectivity index (χ0v) is 7.95. The molecule has 0 spiro atoms. The van der Waals surface area contributed by atoms with Crippen LogP contribution in [0.15, 0.2) is 4.99 Å². The molecule has 0 aliphatic carbocycles. The Labute approximate surface area is 74.1 Å². The fraction of sp³-hybridized carbons (Fsp3) is 0.889.